The van der Waals surface area contributed by atoms with E-state index in [1.807, 2.05) is 0 Å². The van der Waals surface area contributed by atoms with E-state index in [-0.39, 0.29) is 0 Å². The van der Waals surface area contributed by atoms with Gasteiger partial charge in [0.25, 0.3) is 0 Å². The van der Waals surface area contributed by atoms with Crippen molar-refractivity contribution in [3.63, 3.8) is 0 Å². The van der Waals surface area contributed by atoms with Gasteiger partial charge in [0.1, 0.15) is 0 Å². The highest BCUT2D eigenvalue weighted by Crippen LogP contribution is 2.30. The number of nitrogens with one attached hydrogen (secondary N) is 1. The summed E-state index contributed by atoms with van der Waals surface area (Å²) in [6.07, 6.45) is 5.60. The molecule has 0 amide bonds. The molecule has 0 aromatic heterocycles. The maximum atomic E-state index is 5.18. The van der Waals surface area contributed by atoms with Crippen LogP contribution in [0.2, 0.25) is 0 Å². The molecule has 2 nitrogen and oxygen atoms in total. The van der Waals surface area contributed by atoms with E-state index in [4.69, 9.17) is 4.74 Å². The van der Waals surface area contributed by atoms with Crippen LogP contribution in [-0.2, 0) is 4.74 Å². The highest BCUT2D eigenvalue weighted by Gasteiger charge is 2.27. The van der Waals surface area contributed by atoms with Crippen LogP contribution in [-0.4, -0.2) is 26.3 Å². The van der Waals surface area contributed by atoms with E-state index in [1.165, 1.54) is 25.7 Å². The van der Waals surface area contributed by atoms with Crippen molar-refractivity contribution in [2.45, 2.75) is 52.5 Å². The van der Waals surface area contributed by atoms with E-state index in [1.54, 1.807) is 7.11 Å². The molecule has 0 aromatic rings. The van der Waals surface area contributed by atoms with Crippen LogP contribution in [0.15, 0.2) is 0 Å². The third kappa shape index (κ3) is 4.42. The molecule has 96 valence electrons. The molecule has 0 radical (unpaired) electrons. The van der Waals surface area contributed by atoms with Gasteiger partial charge in [-0.1, -0.05) is 33.6 Å². The molecular weight excluding hydrogens is 198 g/mol. The fourth-order valence-electron chi connectivity index (χ4n) is 2.91. The van der Waals surface area contributed by atoms with E-state index in [0.717, 1.165) is 31.0 Å². The number of ether oxygens (including phenoxy) is 1. The highest BCUT2D eigenvalue weighted by molar-refractivity contribution is 4.83. The van der Waals surface area contributed by atoms with Crippen molar-refractivity contribution in [1.29, 1.82) is 0 Å². The van der Waals surface area contributed by atoms with Crippen molar-refractivity contribution < 1.29 is 4.74 Å². The van der Waals surface area contributed by atoms with E-state index in [9.17, 15) is 0 Å². The first-order valence-electron chi connectivity index (χ1n) is 6.87. The summed E-state index contributed by atoms with van der Waals surface area (Å²) in [5, 5.41) is 3.76. The van der Waals surface area contributed by atoms with Crippen LogP contribution in [0.5, 0.6) is 0 Å². The lowest BCUT2D eigenvalue weighted by molar-refractivity contribution is 0.146. The van der Waals surface area contributed by atoms with Gasteiger partial charge in [0, 0.05) is 26.3 Å². The Morgan fingerprint density at radius 2 is 1.88 bits per heavy atom. The Balaban J connectivity index is 2.32. The first kappa shape index (κ1) is 14.0. The summed E-state index contributed by atoms with van der Waals surface area (Å²) >= 11 is 0. The molecule has 1 fully saturated rings. The Morgan fingerprint density at radius 1 is 1.19 bits per heavy atom. The van der Waals surface area contributed by atoms with Gasteiger partial charge in [0.2, 0.25) is 0 Å². The molecule has 16 heavy (non-hydrogen) atoms. The molecular formula is C14H29NO. The van der Waals surface area contributed by atoms with Crippen molar-refractivity contribution in [3.8, 4) is 0 Å². The first-order chi connectivity index (χ1) is 7.65. The Labute approximate surface area is 101 Å². The van der Waals surface area contributed by atoms with Crippen LogP contribution in [0.3, 0.4) is 0 Å². The van der Waals surface area contributed by atoms with Crippen LogP contribution in [0.4, 0.5) is 0 Å². The number of hydrogen-bond acceptors (Lipinski definition) is 2. The van der Waals surface area contributed by atoms with Crippen LogP contribution >= 0.6 is 0 Å². The van der Waals surface area contributed by atoms with Gasteiger partial charge in [-0.25, -0.2) is 0 Å². The Morgan fingerprint density at radius 3 is 2.50 bits per heavy atom. The van der Waals surface area contributed by atoms with Crippen molar-refractivity contribution in [2.75, 3.05) is 20.3 Å². The molecule has 1 saturated carbocycles. The zero-order valence-corrected chi connectivity index (χ0v) is 11.5. The molecule has 1 rings (SSSR count). The van der Waals surface area contributed by atoms with Crippen LogP contribution in [0.25, 0.3) is 0 Å². The summed E-state index contributed by atoms with van der Waals surface area (Å²) < 4.78 is 5.18. The van der Waals surface area contributed by atoms with E-state index < -0.39 is 0 Å². The molecule has 0 aromatic carbocycles. The van der Waals surface area contributed by atoms with Crippen molar-refractivity contribution in [1.82, 2.24) is 5.32 Å². The zero-order chi connectivity index (χ0) is 12.0. The lowest BCUT2D eigenvalue weighted by Crippen LogP contribution is -2.43. The van der Waals surface area contributed by atoms with Gasteiger partial charge >= 0.3 is 0 Å². The fourth-order valence-corrected chi connectivity index (χ4v) is 2.91. The number of methoxy groups -OCH3 is 1. The Kier molecular flexibility index (Phi) is 6.37. The van der Waals surface area contributed by atoms with Gasteiger partial charge in [-0.3, -0.25) is 0 Å². The second-order valence-electron chi connectivity index (χ2n) is 5.77. The monoisotopic (exact) mass is 227 g/mol. The number of hydrogen-bond donors (Lipinski definition) is 1. The average molecular weight is 227 g/mol. The molecule has 3 atom stereocenters. The van der Waals surface area contributed by atoms with Gasteiger partial charge < -0.3 is 10.1 Å². The summed E-state index contributed by atoms with van der Waals surface area (Å²) in [6, 6.07) is 0.744. The van der Waals surface area contributed by atoms with Gasteiger partial charge in [0.15, 0.2) is 0 Å². The smallest absolute Gasteiger partial charge is 0.0499 e. The summed E-state index contributed by atoms with van der Waals surface area (Å²) in [5.41, 5.74) is 0. The van der Waals surface area contributed by atoms with Crippen molar-refractivity contribution in [3.05, 3.63) is 0 Å². The molecule has 0 aliphatic heterocycles. The molecule has 1 aliphatic rings. The van der Waals surface area contributed by atoms with E-state index >= 15 is 0 Å². The second kappa shape index (κ2) is 7.29. The normalized spacial score (nSPS) is 28.3. The largest absolute Gasteiger partial charge is 0.384 e. The molecule has 0 bridgehead atoms. The zero-order valence-electron chi connectivity index (χ0n) is 11.5. The predicted octanol–water partition coefficient (Wildman–Crippen LogP) is 3.07. The van der Waals surface area contributed by atoms with Gasteiger partial charge in [0.05, 0.1) is 0 Å². The van der Waals surface area contributed by atoms with Crippen molar-refractivity contribution >= 4 is 0 Å². The molecule has 3 unspecified atom stereocenters. The third-order valence-corrected chi connectivity index (χ3v) is 3.86. The standard InChI is InChI=1S/C14H29NO/c1-11(2)13-7-5-6-8-14(13)15-9-12(3)10-16-4/h11-15H,5-10H2,1-4H3. The van der Waals surface area contributed by atoms with Gasteiger partial charge in [-0.05, 0) is 30.6 Å². The van der Waals surface area contributed by atoms with E-state index in [2.05, 4.69) is 26.1 Å². The minimum atomic E-state index is 0.625. The average Bonchev–Trinajstić information content (AvgIpc) is 2.27. The Hall–Kier alpha value is -0.0800. The van der Waals surface area contributed by atoms with E-state index in [0.29, 0.717) is 5.92 Å². The molecule has 0 saturated heterocycles. The van der Waals surface area contributed by atoms with Gasteiger partial charge in [-0.15, -0.1) is 0 Å². The topological polar surface area (TPSA) is 21.3 Å². The lowest BCUT2D eigenvalue weighted by atomic mass is 9.78. The Bertz CT molecular complexity index is 182. The molecule has 0 spiro atoms. The molecule has 2 heteroatoms. The fraction of sp³-hybridized carbons (Fsp3) is 1.00. The number of rotatable bonds is 6. The van der Waals surface area contributed by atoms with Crippen LogP contribution in [0.1, 0.15) is 46.5 Å². The summed E-state index contributed by atoms with van der Waals surface area (Å²) in [7, 11) is 1.79. The minimum absolute atomic E-state index is 0.625. The molecule has 0 heterocycles. The molecule has 1 aliphatic carbocycles. The van der Waals surface area contributed by atoms with Crippen LogP contribution < -0.4 is 5.32 Å². The SMILES string of the molecule is COCC(C)CNC1CCCCC1C(C)C. The quantitative estimate of drug-likeness (QED) is 0.753. The second-order valence-corrected chi connectivity index (χ2v) is 5.77. The maximum absolute atomic E-state index is 5.18. The predicted molar refractivity (Wildman–Crippen MR) is 69.6 cm³/mol. The molecule has 1 N–H and O–H groups in total. The first-order valence-corrected chi connectivity index (χ1v) is 6.87. The summed E-state index contributed by atoms with van der Waals surface area (Å²) in [6.45, 7) is 8.95. The van der Waals surface area contributed by atoms with Gasteiger partial charge in [-0.2, -0.15) is 0 Å². The lowest BCUT2D eigenvalue weighted by Gasteiger charge is -2.35. The summed E-state index contributed by atoms with van der Waals surface area (Å²) in [4.78, 5) is 0. The van der Waals surface area contributed by atoms with Crippen LogP contribution in [0, 0.1) is 17.8 Å². The third-order valence-electron chi connectivity index (χ3n) is 3.86. The van der Waals surface area contributed by atoms with Crippen molar-refractivity contribution in [2.24, 2.45) is 17.8 Å². The highest BCUT2D eigenvalue weighted by atomic mass is 16.5. The maximum Gasteiger partial charge on any atom is 0.0499 e. The minimum Gasteiger partial charge on any atom is -0.384 e. The summed E-state index contributed by atoms with van der Waals surface area (Å²) in [5.74, 6) is 2.32.